The molecule has 0 amide bonds. The molecule has 0 fully saturated rings. The van der Waals surface area contributed by atoms with Crippen LogP contribution in [-0.4, -0.2) is 39.0 Å². The predicted octanol–water partition coefficient (Wildman–Crippen LogP) is -0.0724. The van der Waals surface area contributed by atoms with Crippen LogP contribution in [0.15, 0.2) is 30.3 Å². The van der Waals surface area contributed by atoms with Gasteiger partial charge in [0, 0.05) is 0 Å². The molecule has 0 spiro atoms. The molecule has 0 saturated heterocycles. The Morgan fingerprint density at radius 1 is 1.12 bits per heavy atom. The summed E-state index contributed by atoms with van der Waals surface area (Å²) in [5.74, 6) is 0.236. The third-order valence-electron chi connectivity index (χ3n) is 1.25. The van der Waals surface area contributed by atoms with E-state index in [4.69, 9.17) is 10.2 Å². The molecule has 0 aliphatic rings. The van der Waals surface area contributed by atoms with Gasteiger partial charge in [0.15, 0.2) is 0 Å². The van der Waals surface area contributed by atoms with Crippen molar-refractivity contribution in [2.45, 2.75) is 0 Å². The summed E-state index contributed by atoms with van der Waals surface area (Å²) >= 11 is 0. The van der Waals surface area contributed by atoms with Crippen molar-refractivity contribution < 1.29 is 27.0 Å². The first-order valence-electron chi connectivity index (χ1n) is 4.32. The summed E-state index contributed by atoms with van der Waals surface area (Å²) in [6, 6.07) is 8.14. The van der Waals surface area contributed by atoms with Crippen molar-refractivity contribution in [1.29, 1.82) is 0 Å². The van der Waals surface area contributed by atoms with Gasteiger partial charge in [-0.1, -0.05) is 18.2 Å². The highest BCUT2D eigenvalue weighted by molar-refractivity contribution is 7.82. The maximum atomic E-state index is 10.7. The zero-order chi connectivity index (χ0) is 12.4. The fourth-order valence-corrected chi connectivity index (χ4v) is 1.04. The fraction of sp³-hybridized carbons (Fsp3) is 0.333. The SMILES string of the molecule is COS(=O)(=O)Oc1ccccc1.OCCO. The number of hydrogen-bond donors (Lipinski definition) is 2. The second kappa shape index (κ2) is 8.05. The Labute approximate surface area is 94.4 Å². The highest BCUT2D eigenvalue weighted by Gasteiger charge is 2.09. The van der Waals surface area contributed by atoms with Crippen LogP contribution in [0.25, 0.3) is 0 Å². The largest absolute Gasteiger partial charge is 0.448 e. The number of aliphatic hydroxyl groups excluding tert-OH is 2. The van der Waals surface area contributed by atoms with E-state index < -0.39 is 10.4 Å². The van der Waals surface area contributed by atoms with Gasteiger partial charge >= 0.3 is 10.4 Å². The molecule has 0 atom stereocenters. The van der Waals surface area contributed by atoms with Crippen molar-refractivity contribution in [2.75, 3.05) is 20.3 Å². The van der Waals surface area contributed by atoms with Crippen LogP contribution in [0.2, 0.25) is 0 Å². The average molecular weight is 250 g/mol. The molecule has 0 aliphatic heterocycles. The molecule has 0 heterocycles. The Kier molecular flexibility index (Phi) is 7.48. The molecule has 1 rings (SSSR count). The van der Waals surface area contributed by atoms with Gasteiger partial charge in [-0.05, 0) is 12.1 Å². The maximum absolute atomic E-state index is 10.7. The molecular formula is C9H14O6S. The minimum absolute atomic E-state index is 0.125. The zero-order valence-corrected chi connectivity index (χ0v) is 9.55. The van der Waals surface area contributed by atoms with E-state index in [1.807, 2.05) is 0 Å². The molecule has 0 radical (unpaired) electrons. The van der Waals surface area contributed by atoms with Gasteiger partial charge < -0.3 is 14.4 Å². The average Bonchev–Trinajstić information content (AvgIpc) is 2.30. The molecular weight excluding hydrogens is 236 g/mol. The lowest BCUT2D eigenvalue weighted by Gasteiger charge is -2.02. The number of hydrogen-bond acceptors (Lipinski definition) is 6. The van der Waals surface area contributed by atoms with E-state index in [2.05, 4.69) is 8.37 Å². The van der Waals surface area contributed by atoms with Crippen molar-refractivity contribution in [3.63, 3.8) is 0 Å². The summed E-state index contributed by atoms with van der Waals surface area (Å²) < 4.78 is 30.0. The summed E-state index contributed by atoms with van der Waals surface area (Å²) in [6.07, 6.45) is 0. The quantitative estimate of drug-likeness (QED) is 0.777. The van der Waals surface area contributed by atoms with Crippen LogP contribution >= 0.6 is 0 Å². The van der Waals surface area contributed by atoms with Gasteiger partial charge in [0.25, 0.3) is 0 Å². The van der Waals surface area contributed by atoms with Crippen molar-refractivity contribution in [1.82, 2.24) is 0 Å². The molecule has 0 saturated carbocycles. The molecule has 0 aromatic heterocycles. The van der Waals surface area contributed by atoms with Crippen LogP contribution in [0.5, 0.6) is 5.75 Å². The molecule has 1 aromatic carbocycles. The van der Waals surface area contributed by atoms with Crippen molar-refractivity contribution in [3.8, 4) is 5.75 Å². The van der Waals surface area contributed by atoms with E-state index in [0.29, 0.717) is 0 Å². The van der Waals surface area contributed by atoms with Gasteiger partial charge in [-0.15, -0.1) is 0 Å². The molecule has 0 bridgehead atoms. The summed E-state index contributed by atoms with van der Waals surface area (Å²) in [6.45, 7) is -0.250. The Balaban J connectivity index is 0.000000487. The van der Waals surface area contributed by atoms with Gasteiger partial charge in [0.2, 0.25) is 0 Å². The summed E-state index contributed by atoms with van der Waals surface area (Å²) in [5, 5.41) is 15.2. The molecule has 1 aromatic rings. The van der Waals surface area contributed by atoms with E-state index in [1.54, 1.807) is 18.2 Å². The van der Waals surface area contributed by atoms with Gasteiger partial charge in [-0.3, -0.25) is 0 Å². The first-order chi connectivity index (χ1) is 7.55. The minimum atomic E-state index is -3.87. The molecule has 0 aliphatic carbocycles. The van der Waals surface area contributed by atoms with Gasteiger partial charge in [0.1, 0.15) is 5.75 Å². The molecule has 0 unspecified atom stereocenters. The monoisotopic (exact) mass is 250 g/mol. The Morgan fingerprint density at radius 3 is 2.00 bits per heavy atom. The fourth-order valence-electron chi connectivity index (χ4n) is 0.628. The van der Waals surface area contributed by atoms with Crippen LogP contribution in [0.4, 0.5) is 0 Å². The van der Waals surface area contributed by atoms with E-state index in [1.165, 1.54) is 12.1 Å². The van der Waals surface area contributed by atoms with Gasteiger partial charge in [0.05, 0.1) is 20.3 Å². The lowest BCUT2D eigenvalue weighted by atomic mass is 10.3. The third-order valence-corrected chi connectivity index (χ3v) is 2.05. The smallest absolute Gasteiger partial charge is 0.394 e. The lowest BCUT2D eigenvalue weighted by molar-refractivity contribution is 0.186. The van der Waals surface area contributed by atoms with E-state index >= 15 is 0 Å². The van der Waals surface area contributed by atoms with Crippen molar-refractivity contribution in [3.05, 3.63) is 30.3 Å². The van der Waals surface area contributed by atoms with Gasteiger partial charge in [-0.2, -0.15) is 8.42 Å². The maximum Gasteiger partial charge on any atom is 0.448 e. The second-order valence-electron chi connectivity index (χ2n) is 2.42. The first-order valence-corrected chi connectivity index (χ1v) is 5.66. The molecule has 92 valence electrons. The number of aliphatic hydroxyl groups is 2. The predicted molar refractivity (Wildman–Crippen MR) is 57.2 cm³/mol. The highest BCUT2D eigenvalue weighted by atomic mass is 32.3. The number of para-hydroxylation sites is 1. The van der Waals surface area contributed by atoms with Crippen LogP contribution in [0, 0.1) is 0 Å². The van der Waals surface area contributed by atoms with Crippen molar-refractivity contribution >= 4 is 10.4 Å². The molecule has 6 nitrogen and oxygen atoms in total. The minimum Gasteiger partial charge on any atom is -0.394 e. The first kappa shape index (κ1) is 14.8. The summed E-state index contributed by atoms with van der Waals surface area (Å²) in [7, 11) is -2.83. The molecule has 16 heavy (non-hydrogen) atoms. The van der Waals surface area contributed by atoms with E-state index in [9.17, 15) is 8.42 Å². The summed E-state index contributed by atoms with van der Waals surface area (Å²) in [4.78, 5) is 0. The van der Waals surface area contributed by atoms with E-state index in [-0.39, 0.29) is 19.0 Å². The van der Waals surface area contributed by atoms with Crippen molar-refractivity contribution in [2.24, 2.45) is 0 Å². The Bertz CT molecular complexity index is 359. The lowest BCUT2D eigenvalue weighted by Crippen LogP contribution is -2.10. The van der Waals surface area contributed by atoms with E-state index in [0.717, 1.165) is 7.11 Å². The standard InChI is InChI=1S/C7H8O4S.C2H6O2/c1-10-12(8,9)11-7-5-3-2-4-6-7;3-1-2-4/h2-6H,1H3;3-4H,1-2H2. The number of benzene rings is 1. The van der Waals surface area contributed by atoms with Crippen LogP contribution in [-0.2, 0) is 14.6 Å². The second-order valence-corrected chi connectivity index (χ2v) is 3.74. The summed E-state index contributed by atoms with van der Waals surface area (Å²) in [5.41, 5.74) is 0. The topological polar surface area (TPSA) is 93.1 Å². The Hall–Kier alpha value is -1.15. The Morgan fingerprint density at radius 2 is 1.62 bits per heavy atom. The molecule has 7 heteroatoms. The zero-order valence-electron chi connectivity index (χ0n) is 8.74. The molecule has 2 N–H and O–H groups in total. The number of rotatable bonds is 4. The van der Waals surface area contributed by atoms with Gasteiger partial charge in [-0.25, -0.2) is 4.18 Å². The van der Waals surface area contributed by atoms with Crippen LogP contribution in [0.3, 0.4) is 0 Å². The van der Waals surface area contributed by atoms with Crippen LogP contribution in [0.1, 0.15) is 0 Å². The third kappa shape index (κ3) is 7.18. The van der Waals surface area contributed by atoms with Crippen LogP contribution < -0.4 is 4.18 Å². The normalized spacial score (nSPS) is 10.2. The highest BCUT2D eigenvalue weighted by Crippen LogP contribution is 2.11.